The third-order valence-corrected chi connectivity index (χ3v) is 5.53. The van der Waals surface area contributed by atoms with Crippen LogP contribution in [0.15, 0.2) is 57.9 Å². The lowest BCUT2D eigenvalue weighted by Crippen LogP contribution is -2.42. The maximum atomic E-state index is 12.5. The topological polar surface area (TPSA) is 72.5 Å². The predicted molar refractivity (Wildman–Crippen MR) is 95.4 cm³/mol. The molecule has 0 aromatic heterocycles. The number of hydrogen-bond acceptors (Lipinski definition) is 4. The van der Waals surface area contributed by atoms with Crippen LogP contribution >= 0.6 is 27.5 Å². The van der Waals surface area contributed by atoms with Gasteiger partial charge in [-0.1, -0.05) is 39.7 Å². The minimum absolute atomic E-state index is 0.0655. The highest BCUT2D eigenvalue weighted by molar-refractivity contribution is 9.10. The molecule has 2 aromatic rings. The van der Waals surface area contributed by atoms with Gasteiger partial charge in [-0.3, -0.25) is 4.79 Å². The van der Waals surface area contributed by atoms with Crippen LogP contribution in [0.5, 0.6) is 0 Å². The Hall–Kier alpha value is -1.41. The first kappa shape index (κ1) is 18.9. The normalized spacial score (nSPS) is 12.6. The summed E-state index contributed by atoms with van der Waals surface area (Å²) in [5, 5.41) is 0.559. The highest BCUT2D eigenvalue weighted by Crippen LogP contribution is 2.16. The predicted octanol–water partition coefficient (Wildman–Crippen LogP) is 3.17. The lowest BCUT2D eigenvalue weighted by Gasteiger charge is -2.17. The van der Waals surface area contributed by atoms with E-state index in [9.17, 15) is 13.2 Å². The minimum Gasteiger partial charge on any atom is -0.468 e. The van der Waals surface area contributed by atoms with Crippen LogP contribution in [0.25, 0.3) is 0 Å². The molecule has 5 nitrogen and oxygen atoms in total. The first-order valence-corrected chi connectivity index (χ1v) is 9.57. The van der Waals surface area contributed by atoms with Crippen LogP contribution in [0.3, 0.4) is 0 Å². The van der Waals surface area contributed by atoms with Crippen LogP contribution < -0.4 is 4.72 Å². The van der Waals surface area contributed by atoms with E-state index < -0.39 is 22.0 Å². The molecule has 8 heteroatoms. The van der Waals surface area contributed by atoms with Crippen molar-refractivity contribution in [3.8, 4) is 0 Å². The van der Waals surface area contributed by atoms with Crippen molar-refractivity contribution in [2.75, 3.05) is 7.11 Å². The molecule has 0 saturated carbocycles. The number of carbonyl (C=O) groups is 1. The summed E-state index contributed by atoms with van der Waals surface area (Å²) in [6, 6.07) is 11.9. The molecule has 2 rings (SSSR count). The van der Waals surface area contributed by atoms with E-state index in [1.54, 1.807) is 36.4 Å². The van der Waals surface area contributed by atoms with Gasteiger partial charge in [0.2, 0.25) is 10.0 Å². The Morgan fingerprint density at radius 3 is 2.29 bits per heavy atom. The molecule has 0 saturated heterocycles. The fourth-order valence-corrected chi connectivity index (χ4v) is 3.62. The average molecular weight is 433 g/mol. The van der Waals surface area contributed by atoms with Gasteiger partial charge in [-0.2, -0.15) is 4.72 Å². The molecule has 0 heterocycles. The molecular formula is C16H15BrClNO4S. The number of benzene rings is 2. The summed E-state index contributed by atoms with van der Waals surface area (Å²) < 4.78 is 32.8. The van der Waals surface area contributed by atoms with Crippen molar-refractivity contribution in [1.29, 1.82) is 0 Å². The maximum Gasteiger partial charge on any atom is 0.324 e. The number of sulfonamides is 1. The van der Waals surface area contributed by atoms with Gasteiger partial charge in [0.1, 0.15) is 6.04 Å². The minimum atomic E-state index is -3.86. The van der Waals surface area contributed by atoms with Gasteiger partial charge in [-0.25, -0.2) is 8.42 Å². The third-order valence-electron chi connectivity index (χ3n) is 3.26. The summed E-state index contributed by atoms with van der Waals surface area (Å²) in [5.74, 6) is -0.661. The Morgan fingerprint density at radius 1 is 1.17 bits per heavy atom. The van der Waals surface area contributed by atoms with Crippen molar-refractivity contribution in [3.05, 3.63) is 63.6 Å². The van der Waals surface area contributed by atoms with Crippen molar-refractivity contribution in [1.82, 2.24) is 4.72 Å². The van der Waals surface area contributed by atoms with Crippen LogP contribution in [0.2, 0.25) is 5.02 Å². The first-order valence-electron chi connectivity index (χ1n) is 6.92. The summed E-state index contributed by atoms with van der Waals surface area (Å²) in [6.07, 6.45) is 0.152. The number of carbonyl (C=O) groups excluding carboxylic acids is 1. The van der Waals surface area contributed by atoms with Gasteiger partial charge in [0.05, 0.1) is 12.0 Å². The number of rotatable bonds is 6. The highest BCUT2D eigenvalue weighted by atomic mass is 79.9. The fraction of sp³-hybridized carbons (Fsp3) is 0.188. The zero-order valence-electron chi connectivity index (χ0n) is 12.7. The Bertz CT molecular complexity index is 807. The largest absolute Gasteiger partial charge is 0.468 e. The number of hydrogen-bond donors (Lipinski definition) is 1. The molecule has 2 aromatic carbocycles. The molecule has 1 N–H and O–H groups in total. The van der Waals surface area contributed by atoms with Gasteiger partial charge in [-0.05, 0) is 48.4 Å². The number of ether oxygens (including phenoxy) is 1. The Labute approximate surface area is 154 Å². The van der Waals surface area contributed by atoms with Crippen molar-refractivity contribution in [2.45, 2.75) is 17.4 Å². The highest BCUT2D eigenvalue weighted by Gasteiger charge is 2.26. The van der Waals surface area contributed by atoms with Crippen LogP contribution in [-0.4, -0.2) is 27.5 Å². The molecule has 24 heavy (non-hydrogen) atoms. The Morgan fingerprint density at radius 2 is 1.75 bits per heavy atom. The van der Waals surface area contributed by atoms with Gasteiger partial charge in [0.25, 0.3) is 0 Å². The van der Waals surface area contributed by atoms with E-state index in [0.29, 0.717) is 5.02 Å². The molecule has 0 aliphatic heterocycles. The second-order valence-corrected chi connectivity index (χ2v) is 8.05. The van der Waals surface area contributed by atoms with E-state index in [0.717, 1.165) is 10.0 Å². The number of halogens is 2. The van der Waals surface area contributed by atoms with Crippen molar-refractivity contribution < 1.29 is 17.9 Å². The molecule has 1 unspecified atom stereocenters. The smallest absolute Gasteiger partial charge is 0.324 e. The molecule has 0 fully saturated rings. The quantitative estimate of drug-likeness (QED) is 0.712. The van der Waals surface area contributed by atoms with Crippen LogP contribution in [0, 0.1) is 0 Å². The average Bonchev–Trinajstić information content (AvgIpc) is 2.55. The number of esters is 1. The summed E-state index contributed by atoms with van der Waals surface area (Å²) in [5.41, 5.74) is 0.758. The fourth-order valence-electron chi connectivity index (χ4n) is 2.04. The van der Waals surface area contributed by atoms with Crippen molar-refractivity contribution in [2.24, 2.45) is 0 Å². The lowest BCUT2D eigenvalue weighted by atomic mass is 10.1. The molecule has 0 aliphatic carbocycles. The SMILES string of the molecule is COC(=O)C(Cc1ccc(Cl)cc1)NS(=O)(=O)c1ccc(Br)cc1. The zero-order chi connectivity index (χ0) is 17.7. The molecule has 0 amide bonds. The second kappa shape index (κ2) is 8.11. The van der Waals surface area contributed by atoms with E-state index in [1.807, 2.05) is 0 Å². The van der Waals surface area contributed by atoms with E-state index in [2.05, 4.69) is 20.7 Å². The van der Waals surface area contributed by atoms with E-state index in [1.165, 1.54) is 19.2 Å². The first-order chi connectivity index (χ1) is 11.3. The summed E-state index contributed by atoms with van der Waals surface area (Å²) >= 11 is 9.08. The zero-order valence-corrected chi connectivity index (χ0v) is 15.9. The van der Waals surface area contributed by atoms with Crippen LogP contribution in [0.1, 0.15) is 5.56 Å². The molecule has 0 radical (unpaired) electrons. The van der Waals surface area contributed by atoms with Crippen LogP contribution in [-0.2, 0) is 26.0 Å². The van der Waals surface area contributed by atoms with Gasteiger partial charge >= 0.3 is 5.97 Å². The van der Waals surface area contributed by atoms with Gasteiger partial charge in [0.15, 0.2) is 0 Å². The number of nitrogens with one attached hydrogen (secondary N) is 1. The van der Waals surface area contributed by atoms with Crippen molar-refractivity contribution >= 4 is 43.5 Å². The summed E-state index contributed by atoms with van der Waals surface area (Å²) in [6.45, 7) is 0. The van der Waals surface area contributed by atoms with Gasteiger partial charge in [-0.15, -0.1) is 0 Å². The standard InChI is InChI=1S/C16H15BrClNO4S/c1-23-16(20)15(10-11-2-6-13(18)7-3-11)19-24(21,22)14-8-4-12(17)5-9-14/h2-9,15,19H,10H2,1H3. The molecule has 1 atom stereocenters. The van der Waals surface area contributed by atoms with E-state index in [4.69, 9.17) is 16.3 Å². The molecule has 0 bridgehead atoms. The van der Waals surface area contributed by atoms with Gasteiger partial charge < -0.3 is 4.74 Å². The molecule has 0 aliphatic rings. The molecule has 128 valence electrons. The molecule has 0 spiro atoms. The van der Waals surface area contributed by atoms with Crippen molar-refractivity contribution in [3.63, 3.8) is 0 Å². The monoisotopic (exact) mass is 431 g/mol. The summed E-state index contributed by atoms with van der Waals surface area (Å²) in [7, 11) is -2.64. The Kier molecular flexibility index (Phi) is 6.40. The van der Waals surface area contributed by atoms with E-state index >= 15 is 0 Å². The van der Waals surface area contributed by atoms with Crippen LogP contribution in [0.4, 0.5) is 0 Å². The summed E-state index contributed by atoms with van der Waals surface area (Å²) in [4.78, 5) is 12.0. The second-order valence-electron chi connectivity index (χ2n) is 4.98. The van der Waals surface area contributed by atoms with Gasteiger partial charge in [0, 0.05) is 9.50 Å². The maximum absolute atomic E-state index is 12.5. The number of methoxy groups -OCH3 is 1. The third kappa shape index (κ3) is 5.04. The molecular weight excluding hydrogens is 418 g/mol. The Balaban J connectivity index is 2.23. The lowest BCUT2D eigenvalue weighted by molar-refractivity contribution is -0.142. The van der Waals surface area contributed by atoms with E-state index in [-0.39, 0.29) is 11.3 Å².